The first kappa shape index (κ1) is 16.4. The minimum atomic E-state index is -0.351. The lowest BCUT2D eigenvalue weighted by atomic mass is 9.99. The molecule has 1 fully saturated rings. The molecule has 0 amide bonds. The topological polar surface area (TPSA) is 33.1 Å². The maximum atomic E-state index is 13.9. The van der Waals surface area contributed by atoms with Crippen LogP contribution in [-0.4, -0.2) is 33.8 Å². The average molecular weight is 337 g/mol. The van der Waals surface area contributed by atoms with Crippen LogP contribution in [0.4, 0.5) is 4.39 Å². The van der Waals surface area contributed by atoms with Crippen molar-refractivity contribution in [3.05, 3.63) is 52.6 Å². The Kier molecular flexibility index (Phi) is 4.99. The number of likely N-dealkylation sites (N-methyl/N-ethyl adjacent to an activating group) is 1. The lowest BCUT2D eigenvalue weighted by molar-refractivity contribution is 0.247. The van der Waals surface area contributed by atoms with E-state index < -0.39 is 0 Å². The van der Waals surface area contributed by atoms with Gasteiger partial charge in [0, 0.05) is 32.4 Å². The highest BCUT2D eigenvalue weighted by Crippen LogP contribution is 2.33. The molecule has 1 N–H and O–H groups in total. The number of hydrogen-bond donors (Lipinski definition) is 1. The zero-order chi connectivity index (χ0) is 16.4. The summed E-state index contributed by atoms with van der Waals surface area (Å²) >= 11 is 5.82. The first-order chi connectivity index (χ1) is 11.1. The van der Waals surface area contributed by atoms with Crippen LogP contribution in [0.15, 0.2) is 30.5 Å². The summed E-state index contributed by atoms with van der Waals surface area (Å²) < 4.78 is 15.7. The number of nitrogens with zero attached hydrogens (tertiary/aromatic N) is 3. The number of aromatic nitrogens is 2. The van der Waals surface area contributed by atoms with E-state index in [0.29, 0.717) is 0 Å². The normalized spacial score (nSPS) is 21.9. The van der Waals surface area contributed by atoms with Crippen molar-refractivity contribution in [2.75, 3.05) is 13.1 Å². The van der Waals surface area contributed by atoms with E-state index in [1.807, 2.05) is 25.4 Å². The highest BCUT2D eigenvalue weighted by molar-refractivity contribution is 6.30. The van der Waals surface area contributed by atoms with Crippen molar-refractivity contribution in [3.8, 4) is 0 Å². The third-order valence-electron chi connectivity index (χ3n) is 4.51. The van der Waals surface area contributed by atoms with Gasteiger partial charge in [0.15, 0.2) is 0 Å². The Morgan fingerprint density at radius 3 is 2.87 bits per heavy atom. The smallest absolute Gasteiger partial charge is 0.142 e. The quantitative estimate of drug-likeness (QED) is 0.910. The Labute approximate surface area is 141 Å². The van der Waals surface area contributed by atoms with Gasteiger partial charge in [0.1, 0.15) is 5.82 Å². The molecule has 124 valence electrons. The van der Waals surface area contributed by atoms with Gasteiger partial charge in [-0.25, -0.2) is 4.39 Å². The number of likely N-dealkylation sites (tertiary alicyclic amines) is 1. The molecular formula is C17H22ClFN4. The second-order valence-electron chi connectivity index (χ2n) is 6.00. The standard InChI is InChI=1S/C17H22ClFN4/c1-3-23-9-7-16(20-11-13-6-8-22(2)21-13)17(23)12-4-5-14(18)15(19)10-12/h4-6,8,10,16-17,20H,3,7,9,11H2,1-2H3/t16-,17-/m1/s1. The minimum Gasteiger partial charge on any atom is -0.306 e. The van der Waals surface area contributed by atoms with Crippen LogP contribution in [0.5, 0.6) is 0 Å². The number of nitrogens with one attached hydrogen (secondary N) is 1. The molecule has 6 heteroatoms. The Balaban J connectivity index is 1.76. The van der Waals surface area contributed by atoms with E-state index in [2.05, 4.69) is 22.2 Å². The summed E-state index contributed by atoms with van der Waals surface area (Å²) in [5.41, 5.74) is 1.99. The number of benzene rings is 1. The van der Waals surface area contributed by atoms with Crippen LogP contribution >= 0.6 is 11.6 Å². The lowest BCUT2D eigenvalue weighted by Gasteiger charge is -2.28. The molecule has 4 nitrogen and oxygen atoms in total. The van der Waals surface area contributed by atoms with Crippen molar-refractivity contribution in [1.29, 1.82) is 0 Å². The first-order valence-electron chi connectivity index (χ1n) is 7.99. The van der Waals surface area contributed by atoms with E-state index in [1.54, 1.807) is 16.8 Å². The summed E-state index contributed by atoms with van der Waals surface area (Å²) in [6.45, 7) is 4.80. The molecule has 2 atom stereocenters. The lowest BCUT2D eigenvalue weighted by Crippen LogP contribution is -2.36. The van der Waals surface area contributed by atoms with Crippen molar-refractivity contribution >= 4 is 11.6 Å². The summed E-state index contributed by atoms with van der Waals surface area (Å²) in [5.74, 6) is -0.351. The maximum absolute atomic E-state index is 13.9. The van der Waals surface area contributed by atoms with Gasteiger partial charge in [-0.2, -0.15) is 5.10 Å². The summed E-state index contributed by atoms with van der Waals surface area (Å²) in [7, 11) is 1.91. The van der Waals surface area contributed by atoms with Gasteiger partial charge in [-0.3, -0.25) is 9.58 Å². The Morgan fingerprint density at radius 1 is 1.39 bits per heavy atom. The van der Waals surface area contributed by atoms with Crippen LogP contribution in [0.25, 0.3) is 0 Å². The molecular weight excluding hydrogens is 315 g/mol. The van der Waals surface area contributed by atoms with E-state index in [-0.39, 0.29) is 22.9 Å². The van der Waals surface area contributed by atoms with E-state index in [0.717, 1.165) is 37.3 Å². The van der Waals surface area contributed by atoms with Gasteiger partial charge in [-0.15, -0.1) is 0 Å². The monoisotopic (exact) mass is 336 g/mol. The second-order valence-corrected chi connectivity index (χ2v) is 6.41. The van der Waals surface area contributed by atoms with Crippen LogP contribution in [0.1, 0.15) is 30.6 Å². The molecule has 1 saturated heterocycles. The zero-order valence-electron chi connectivity index (χ0n) is 13.5. The number of rotatable bonds is 5. The van der Waals surface area contributed by atoms with Crippen molar-refractivity contribution in [2.45, 2.75) is 32.0 Å². The molecule has 0 radical (unpaired) electrons. The first-order valence-corrected chi connectivity index (χ1v) is 8.37. The number of halogens is 2. The van der Waals surface area contributed by atoms with Gasteiger partial charge in [0.25, 0.3) is 0 Å². The molecule has 2 aromatic rings. The molecule has 1 aromatic heterocycles. The molecule has 3 rings (SSSR count). The third-order valence-corrected chi connectivity index (χ3v) is 4.81. The highest BCUT2D eigenvalue weighted by Gasteiger charge is 2.34. The maximum Gasteiger partial charge on any atom is 0.142 e. The number of hydrogen-bond acceptors (Lipinski definition) is 3. The van der Waals surface area contributed by atoms with E-state index >= 15 is 0 Å². The van der Waals surface area contributed by atoms with Crippen molar-refractivity contribution in [3.63, 3.8) is 0 Å². The molecule has 0 unspecified atom stereocenters. The van der Waals surface area contributed by atoms with Crippen molar-refractivity contribution in [2.24, 2.45) is 7.05 Å². The fraction of sp³-hybridized carbons (Fsp3) is 0.471. The van der Waals surface area contributed by atoms with E-state index in [1.165, 1.54) is 0 Å². The highest BCUT2D eigenvalue weighted by atomic mass is 35.5. The van der Waals surface area contributed by atoms with Gasteiger partial charge < -0.3 is 5.32 Å². The molecule has 2 heterocycles. The zero-order valence-corrected chi connectivity index (χ0v) is 14.2. The predicted octanol–water partition coefficient (Wildman–Crippen LogP) is 3.14. The van der Waals surface area contributed by atoms with Gasteiger partial charge >= 0.3 is 0 Å². The van der Waals surface area contributed by atoms with Crippen LogP contribution in [0.2, 0.25) is 5.02 Å². The van der Waals surface area contributed by atoms with Gasteiger partial charge in [-0.05, 0) is 36.7 Å². The van der Waals surface area contributed by atoms with Crippen LogP contribution in [0.3, 0.4) is 0 Å². The van der Waals surface area contributed by atoms with Crippen LogP contribution in [0, 0.1) is 5.82 Å². The predicted molar refractivity (Wildman–Crippen MR) is 89.9 cm³/mol. The Morgan fingerprint density at radius 2 is 2.22 bits per heavy atom. The molecule has 0 saturated carbocycles. The van der Waals surface area contributed by atoms with E-state index in [9.17, 15) is 4.39 Å². The van der Waals surface area contributed by atoms with Crippen molar-refractivity contribution < 1.29 is 4.39 Å². The van der Waals surface area contributed by atoms with Crippen LogP contribution < -0.4 is 5.32 Å². The second kappa shape index (κ2) is 6.99. The Hall–Kier alpha value is -1.43. The molecule has 1 aliphatic heterocycles. The average Bonchev–Trinajstić information content (AvgIpc) is 3.13. The van der Waals surface area contributed by atoms with Crippen molar-refractivity contribution in [1.82, 2.24) is 20.0 Å². The molecule has 1 aromatic carbocycles. The summed E-state index contributed by atoms with van der Waals surface area (Å²) in [4.78, 5) is 2.37. The molecule has 1 aliphatic rings. The fourth-order valence-electron chi connectivity index (χ4n) is 3.36. The summed E-state index contributed by atoms with van der Waals surface area (Å²) in [6, 6.07) is 7.59. The SMILES string of the molecule is CCN1CC[C@@H](NCc2ccn(C)n2)[C@H]1c1ccc(Cl)c(F)c1. The molecule has 0 spiro atoms. The van der Waals surface area contributed by atoms with Crippen LogP contribution in [-0.2, 0) is 13.6 Å². The largest absolute Gasteiger partial charge is 0.306 e. The van der Waals surface area contributed by atoms with Gasteiger partial charge in [-0.1, -0.05) is 24.6 Å². The Bertz CT molecular complexity index is 672. The molecule has 23 heavy (non-hydrogen) atoms. The summed E-state index contributed by atoms with van der Waals surface area (Å²) in [5, 5.41) is 8.16. The third kappa shape index (κ3) is 3.57. The van der Waals surface area contributed by atoms with Gasteiger partial charge in [0.05, 0.1) is 16.8 Å². The van der Waals surface area contributed by atoms with E-state index in [4.69, 9.17) is 11.6 Å². The van der Waals surface area contributed by atoms with Gasteiger partial charge in [0.2, 0.25) is 0 Å². The summed E-state index contributed by atoms with van der Waals surface area (Å²) in [6.07, 6.45) is 2.98. The minimum absolute atomic E-state index is 0.162. The molecule has 0 aliphatic carbocycles. The molecule has 0 bridgehead atoms. The fourth-order valence-corrected chi connectivity index (χ4v) is 3.47. The number of aryl methyl sites for hydroxylation is 1.